The van der Waals surface area contributed by atoms with E-state index in [1.54, 1.807) is 13.2 Å². The normalized spacial score (nSPS) is 23.6. The Morgan fingerprint density at radius 2 is 2.19 bits per heavy atom. The third kappa shape index (κ3) is 1.24. The summed E-state index contributed by atoms with van der Waals surface area (Å²) in [6, 6.07) is 4.14. The predicted molar refractivity (Wildman–Crippen MR) is 61.3 cm³/mol. The van der Waals surface area contributed by atoms with E-state index in [1.807, 2.05) is 10.6 Å². The lowest BCUT2D eigenvalue weighted by molar-refractivity contribution is 0.399. The number of hydrogen-bond acceptors (Lipinski definition) is 4. The summed E-state index contributed by atoms with van der Waals surface area (Å²) >= 11 is 0. The van der Waals surface area contributed by atoms with Crippen molar-refractivity contribution in [2.75, 3.05) is 12.8 Å². The van der Waals surface area contributed by atoms with Crippen LogP contribution in [0.3, 0.4) is 0 Å². The molecule has 0 aromatic carbocycles. The van der Waals surface area contributed by atoms with Crippen molar-refractivity contribution in [3.05, 3.63) is 12.1 Å². The predicted octanol–water partition coefficient (Wildman–Crippen LogP) is 1.60. The molecule has 16 heavy (non-hydrogen) atoms. The summed E-state index contributed by atoms with van der Waals surface area (Å²) in [5, 5.41) is 0. The topological polar surface area (TPSA) is 66.0 Å². The molecule has 1 aliphatic carbocycles. The molecule has 0 aliphatic heterocycles. The van der Waals surface area contributed by atoms with Crippen molar-refractivity contribution in [2.24, 2.45) is 5.92 Å². The van der Waals surface area contributed by atoms with Crippen LogP contribution in [0.25, 0.3) is 11.2 Å². The first-order valence-electron chi connectivity index (χ1n) is 5.39. The molecule has 0 spiro atoms. The van der Waals surface area contributed by atoms with Gasteiger partial charge in [-0.3, -0.25) is 4.57 Å². The highest BCUT2D eigenvalue weighted by molar-refractivity contribution is 5.75. The lowest BCUT2D eigenvalue weighted by Crippen LogP contribution is -2.03. The fraction of sp³-hybridized carbons (Fsp3) is 0.455. The molecule has 5 heteroatoms. The first-order valence-corrected chi connectivity index (χ1v) is 5.39. The van der Waals surface area contributed by atoms with E-state index in [9.17, 15) is 0 Å². The van der Waals surface area contributed by atoms with E-state index in [0.717, 1.165) is 17.6 Å². The summed E-state index contributed by atoms with van der Waals surface area (Å²) in [5.74, 6) is 1.81. The molecule has 0 radical (unpaired) electrons. The molecule has 1 saturated carbocycles. The van der Waals surface area contributed by atoms with Gasteiger partial charge in [0, 0.05) is 12.1 Å². The highest BCUT2D eigenvalue weighted by atomic mass is 16.5. The van der Waals surface area contributed by atoms with E-state index in [0.29, 0.717) is 23.8 Å². The number of aromatic nitrogens is 3. The third-order valence-corrected chi connectivity index (χ3v) is 3.15. The van der Waals surface area contributed by atoms with Crippen LogP contribution in [-0.2, 0) is 0 Å². The van der Waals surface area contributed by atoms with Crippen molar-refractivity contribution in [3.63, 3.8) is 0 Å². The summed E-state index contributed by atoms with van der Waals surface area (Å²) in [5.41, 5.74) is 7.58. The quantitative estimate of drug-likeness (QED) is 0.831. The van der Waals surface area contributed by atoms with Crippen molar-refractivity contribution in [1.82, 2.24) is 14.5 Å². The zero-order valence-corrected chi connectivity index (χ0v) is 9.34. The van der Waals surface area contributed by atoms with Crippen LogP contribution in [0.15, 0.2) is 12.1 Å². The van der Waals surface area contributed by atoms with Gasteiger partial charge in [-0.1, -0.05) is 6.92 Å². The number of nitrogens with zero attached hydrogens (tertiary/aromatic N) is 3. The van der Waals surface area contributed by atoms with Crippen LogP contribution in [0.2, 0.25) is 0 Å². The fourth-order valence-electron chi connectivity index (χ4n) is 2.08. The zero-order chi connectivity index (χ0) is 11.3. The molecular formula is C11H14N4O. The summed E-state index contributed by atoms with van der Waals surface area (Å²) in [7, 11) is 1.61. The molecule has 2 aromatic rings. The third-order valence-electron chi connectivity index (χ3n) is 3.15. The van der Waals surface area contributed by atoms with Crippen LogP contribution in [0, 0.1) is 5.92 Å². The second-order valence-electron chi connectivity index (χ2n) is 4.32. The van der Waals surface area contributed by atoms with Crippen LogP contribution in [0.4, 0.5) is 5.95 Å². The Morgan fingerprint density at radius 1 is 1.44 bits per heavy atom. The molecule has 84 valence electrons. The maximum atomic E-state index is 5.92. The van der Waals surface area contributed by atoms with Gasteiger partial charge in [0.05, 0.1) is 7.11 Å². The molecule has 5 nitrogen and oxygen atoms in total. The average Bonchev–Trinajstić information content (AvgIpc) is 2.89. The number of hydrogen-bond donors (Lipinski definition) is 1. The Bertz CT molecular complexity index is 548. The highest BCUT2D eigenvalue weighted by Crippen LogP contribution is 2.45. The minimum absolute atomic E-state index is 0.449. The van der Waals surface area contributed by atoms with Crippen LogP contribution in [0.1, 0.15) is 19.4 Å². The Hall–Kier alpha value is -1.78. The van der Waals surface area contributed by atoms with Crippen LogP contribution < -0.4 is 10.5 Å². The number of rotatable bonds is 2. The fourth-order valence-corrected chi connectivity index (χ4v) is 2.08. The van der Waals surface area contributed by atoms with Crippen molar-refractivity contribution in [1.29, 1.82) is 0 Å². The van der Waals surface area contributed by atoms with Crippen LogP contribution >= 0.6 is 0 Å². The van der Waals surface area contributed by atoms with Crippen molar-refractivity contribution < 1.29 is 4.74 Å². The molecular weight excluding hydrogens is 204 g/mol. The maximum absolute atomic E-state index is 5.92. The zero-order valence-electron chi connectivity index (χ0n) is 9.34. The van der Waals surface area contributed by atoms with E-state index in [1.165, 1.54) is 0 Å². The van der Waals surface area contributed by atoms with Gasteiger partial charge in [0.25, 0.3) is 0 Å². The Kier molecular flexibility index (Phi) is 1.83. The monoisotopic (exact) mass is 218 g/mol. The first-order chi connectivity index (χ1) is 7.70. The molecule has 2 aromatic heterocycles. The number of anilines is 1. The van der Waals surface area contributed by atoms with E-state index in [2.05, 4.69) is 16.9 Å². The summed E-state index contributed by atoms with van der Waals surface area (Å²) in [6.07, 6.45) is 1.15. The van der Waals surface area contributed by atoms with Crippen LogP contribution in [-0.4, -0.2) is 21.6 Å². The Labute approximate surface area is 93.2 Å². The van der Waals surface area contributed by atoms with E-state index >= 15 is 0 Å². The van der Waals surface area contributed by atoms with E-state index in [-0.39, 0.29) is 0 Å². The standard InChI is InChI=1S/C11H14N4O/c1-6-5-8(6)15-10-7(13-11(15)12)3-4-9(14-10)16-2/h3-4,6,8H,5H2,1-2H3,(H2,12,13). The molecule has 0 amide bonds. The van der Waals surface area contributed by atoms with Crippen LogP contribution in [0.5, 0.6) is 5.88 Å². The first kappa shape index (κ1) is 9.45. The van der Waals surface area contributed by atoms with Gasteiger partial charge in [0.15, 0.2) is 5.65 Å². The number of nitrogen functional groups attached to an aromatic ring is 1. The number of pyridine rings is 1. The number of fused-ring (bicyclic) bond motifs is 1. The second kappa shape index (κ2) is 3.10. The molecule has 2 unspecified atom stereocenters. The van der Waals surface area contributed by atoms with Gasteiger partial charge in [-0.2, -0.15) is 4.98 Å². The molecule has 0 saturated heterocycles. The summed E-state index contributed by atoms with van der Waals surface area (Å²) in [4.78, 5) is 8.72. The van der Waals surface area contributed by atoms with Gasteiger partial charge in [0.1, 0.15) is 5.52 Å². The van der Waals surface area contributed by atoms with E-state index < -0.39 is 0 Å². The van der Waals surface area contributed by atoms with Gasteiger partial charge in [-0.25, -0.2) is 4.98 Å². The lowest BCUT2D eigenvalue weighted by atomic mass is 10.4. The summed E-state index contributed by atoms with van der Waals surface area (Å²) < 4.78 is 7.14. The van der Waals surface area contributed by atoms with E-state index in [4.69, 9.17) is 10.5 Å². The van der Waals surface area contributed by atoms with Gasteiger partial charge >= 0.3 is 0 Å². The van der Waals surface area contributed by atoms with Gasteiger partial charge in [-0.05, 0) is 18.4 Å². The van der Waals surface area contributed by atoms with Crippen molar-refractivity contribution in [2.45, 2.75) is 19.4 Å². The van der Waals surface area contributed by atoms with Crippen molar-refractivity contribution >= 4 is 17.1 Å². The minimum Gasteiger partial charge on any atom is -0.481 e. The van der Waals surface area contributed by atoms with Gasteiger partial charge < -0.3 is 10.5 Å². The molecule has 1 fully saturated rings. The summed E-state index contributed by atoms with van der Waals surface area (Å²) in [6.45, 7) is 2.20. The molecule has 1 aliphatic rings. The number of methoxy groups -OCH3 is 1. The molecule has 3 rings (SSSR count). The highest BCUT2D eigenvalue weighted by Gasteiger charge is 2.37. The largest absolute Gasteiger partial charge is 0.481 e. The smallest absolute Gasteiger partial charge is 0.215 e. The number of ether oxygens (including phenoxy) is 1. The molecule has 2 heterocycles. The number of imidazole rings is 1. The van der Waals surface area contributed by atoms with Gasteiger partial charge in [0.2, 0.25) is 11.8 Å². The molecule has 0 bridgehead atoms. The average molecular weight is 218 g/mol. The van der Waals surface area contributed by atoms with Crippen molar-refractivity contribution in [3.8, 4) is 5.88 Å². The van der Waals surface area contributed by atoms with Gasteiger partial charge in [-0.15, -0.1) is 0 Å². The SMILES string of the molecule is COc1ccc2nc(N)n(C3CC3C)c2n1. The number of nitrogens with two attached hydrogens (primary N) is 1. The minimum atomic E-state index is 0.449. The molecule has 2 atom stereocenters. The maximum Gasteiger partial charge on any atom is 0.215 e. The molecule has 2 N–H and O–H groups in total. The second-order valence-corrected chi connectivity index (χ2v) is 4.32. The Morgan fingerprint density at radius 3 is 2.81 bits per heavy atom. The Balaban J connectivity index is 2.21. The lowest BCUT2D eigenvalue weighted by Gasteiger charge is -2.04.